The maximum absolute atomic E-state index is 7.79. The first-order valence-corrected chi connectivity index (χ1v) is 5.42. The second-order valence-electron chi connectivity index (χ2n) is 4.97. The molecule has 0 aromatic carbocycles. The predicted molar refractivity (Wildman–Crippen MR) is 67.6 cm³/mol. The summed E-state index contributed by atoms with van der Waals surface area (Å²) < 4.78 is 0. The number of hydrogen-bond acceptors (Lipinski definition) is 2. The summed E-state index contributed by atoms with van der Waals surface area (Å²) in [6.45, 7) is 8.49. The molecule has 4 heteroatoms. The van der Waals surface area contributed by atoms with Crippen LogP contribution in [0.15, 0.2) is 24.5 Å². The lowest BCUT2D eigenvalue weighted by atomic mass is 9.88. The van der Waals surface area contributed by atoms with Gasteiger partial charge in [0.05, 0.1) is 11.9 Å². The van der Waals surface area contributed by atoms with Crippen molar-refractivity contribution in [3.63, 3.8) is 0 Å². The highest BCUT2D eigenvalue weighted by atomic mass is 15.2. The first kappa shape index (κ1) is 12.5. The number of nitrogens with zero attached hydrogens (tertiary/aromatic N) is 1. The van der Waals surface area contributed by atoms with Crippen molar-refractivity contribution in [3.8, 4) is 0 Å². The first-order chi connectivity index (χ1) is 7.39. The van der Waals surface area contributed by atoms with Gasteiger partial charge in [-0.2, -0.15) is 0 Å². The molecule has 0 aliphatic rings. The molecule has 0 saturated heterocycles. The summed E-state index contributed by atoms with van der Waals surface area (Å²) in [5, 5.41) is 13.9. The van der Waals surface area contributed by atoms with Crippen LogP contribution in [-0.2, 0) is 0 Å². The molecule has 0 spiro atoms. The highest BCUT2D eigenvalue weighted by Crippen LogP contribution is 2.18. The van der Waals surface area contributed by atoms with E-state index >= 15 is 0 Å². The Morgan fingerprint density at radius 2 is 2.12 bits per heavy atom. The van der Waals surface area contributed by atoms with E-state index in [2.05, 4.69) is 43.3 Å². The van der Waals surface area contributed by atoms with Gasteiger partial charge in [-0.15, -0.1) is 0 Å². The van der Waals surface area contributed by atoms with Crippen LogP contribution in [0.3, 0.4) is 0 Å². The standard InChI is InChI=1S/C12H20N4/c1-9(12(2,3)4)15-11(13)16-10-6-5-7-14-8-10/h5-9H,1-4H3,(H3,13,15,16). The fraction of sp³-hybridized carbons (Fsp3) is 0.500. The van der Waals surface area contributed by atoms with Gasteiger partial charge in [0.2, 0.25) is 0 Å². The Hall–Kier alpha value is -1.58. The topological polar surface area (TPSA) is 60.8 Å². The van der Waals surface area contributed by atoms with E-state index in [1.54, 1.807) is 12.4 Å². The molecule has 3 N–H and O–H groups in total. The third-order valence-corrected chi connectivity index (χ3v) is 2.59. The fourth-order valence-electron chi connectivity index (χ4n) is 1.05. The summed E-state index contributed by atoms with van der Waals surface area (Å²) in [4.78, 5) is 3.98. The lowest BCUT2D eigenvalue weighted by Gasteiger charge is -2.29. The molecule has 16 heavy (non-hydrogen) atoms. The zero-order chi connectivity index (χ0) is 12.2. The maximum Gasteiger partial charge on any atom is 0.193 e. The van der Waals surface area contributed by atoms with Crippen LogP contribution in [-0.4, -0.2) is 17.0 Å². The fourth-order valence-corrected chi connectivity index (χ4v) is 1.05. The molecule has 1 rings (SSSR count). The van der Waals surface area contributed by atoms with Crippen LogP contribution in [0.5, 0.6) is 0 Å². The minimum atomic E-state index is 0.128. The molecule has 88 valence electrons. The average Bonchev–Trinajstić information content (AvgIpc) is 2.17. The molecule has 0 fully saturated rings. The number of anilines is 1. The number of pyridine rings is 1. The Labute approximate surface area is 97.0 Å². The van der Waals surface area contributed by atoms with Gasteiger partial charge in [-0.3, -0.25) is 10.4 Å². The number of nitrogens with one attached hydrogen (secondary N) is 3. The summed E-state index contributed by atoms with van der Waals surface area (Å²) in [6.07, 6.45) is 3.40. The SMILES string of the molecule is CC(NC(=N)Nc1cccnc1)C(C)(C)C. The van der Waals surface area contributed by atoms with Gasteiger partial charge >= 0.3 is 0 Å². The van der Waals surface area contributed by atoms with Gasteiger partial charge in [-0.05, 0) is 24.5 Å². The summed E-state index contributed by atoms with van der Waals surface area (Å²) in [7, 11) is 0. The minimum Gasteiger partial charge on any atom is -0.353 e. The molecule has 0 radical (unpaired) electrons. The van der Waals surface area contributed by atoms with E-state index in [4.69, 9.17) is 5.41 Å². The number of hydrogen-bond donors (Lipinski definition) is 3. The van der Waals surface area contributed by atoms with Crippen LogP contribution in [0.1, 0.15) is 27.7 Å². The maximum atomic E-state index is 7.79. The van der Waals surface area contributed by atoms with Crippen molar-refractivity contribution in [1.82, 2.24) is 10.3 Å². The number of aromatic nitrogens is 1. The molecular formula is C12H20N4. The van der Waals surface area contributed by atoms with E-state index in [9.17, 15) is 0 Å². The van der Waals surface area contributed by atoms with E-state index < -0.39 is 0 Å². The lowest BCUT2D eigenvalue weighted by molar-refractivity contribution is 0.315. The Bertz CT molecular complexity index is 340. The molecule has 1 atom stereocenters. The van der Waals surface area contributed by atoms with E-state index in [0.717, 1.165) is 5.69 Å². The second-order valence-corrected chi connectivity index (χ2v) is 4.97. The zero-order valence-electron chi connectivity index (χ0n) is 10.3. The molecule has 0 aliphatic heterocycles. The number of guanidine groups is 1. The minimum absolute atomic E-state index is 0.128. The van der Waals surface area contributed by atoms with Crippen LogP contribution >= 0.6 is 0 Å². The molecule has 0 saturated carbocycles. The summed E-state index contributed by atoms with van der Waals surface area (Å²) in [6, 6.07) is 3.94. The highest BCUT2D eigenvalue weighted by Gasteiger charge is 2.20. The van der Waals surface area contributed by atoms with E-state index in [1.165, 1.54) is 0 Å². The molecule has 0 aliphatic carbocycles. The van der Waals surface area contributed by atoms with Crippen molar-refractivity contribution in [2.24, 2.45) is 5.41 Å². The lowest BCUT2D eigenvalue weighted by Crippen LogP contribution is -2.43. The van der Waals surface area contributed by atoms with Crippen LogP contribution in [0.25, 0.3) is 0 Å². The largest absolute Gasteiger partial charge is 0.353 e. The van der Waals surface area contributed by atoms with Crippen LogP contribution < -0.4 is 10.6 Å². The van der Waals surface area contributed by atoms with Crippen LogP contribution in [0, 0.1) is 10.8 Å². The smallest absolute Gasteiger partial charge is 0.193 e. The van der Waals surface area contributed by atoms with Gasteiger partial charge in [0.25, 0.3) is 0 Å². The van der Waals surface area contributed by atoms with E-state index in [1.807, 2.05) is 12.1 Å². The quantitative estimate of drug-likeness (QED) is 0.530. The highest BCUT2D eigenvalue weighted by molar-refractivity contribution is 5.91. The molecule has 1 aromatic rings. The third-order valence-electron chi connectivity index (χ3n) is 2.59. The molecule has 1 heterocycles. The van der Waals surface area contributed by atoms with Crippen molar-refractivity contribution in [1.29, 1.82) is 5.41 Å². The summed E-state index contributed by atoms with van der Waals surface area (Å²) >= 11 is 0. The molecule has 1 unspecified atom stereocenters. The summed E-state index contributed by atoms with van der Waals surface area (Å²) in [5.41, 5.74) is 0.948. The molecule has 4 nitrogen and oxygen atoms in total. The Balaban J connectivity index is 2.49. The monoisotopic (exact) mass is 220 g/mol. The second kappa shape index (κ2) is 4.96. The van der Waals surface area contributed by atoms with Crippen molar-refractivity contribution in [3.05, 3.63) is 24.5 Å². The zero-order valence-corrected chi connectivity index (χ0v) is 10.3. The Morgan fingerprint density at radius 1 is 1.44 bits per heavy atom. The first-order valence-electron chi connectivity index (χ1n) is 5.42. The normalized spacial score (nSPS) is 13.0. The van der Waals surface area contributed by atoms with Crippen LogP contribution in [0.4, 0.5) is 5.69 Å². The number of rotatable bonds is 2. The molecule has 0 bridgehead atoms. The van der Waals surface area contributed by atoms with Gasteiger partial charge in [0, 0.05) is 12.2 Å². The van der Waals surface area contributed by atoms with Crippen LogP contribution in [0.2, 0.25) is 0 Å². The third kappa shape index (κ3) is 3.88. The van der Waals surface area contributed by atoms with Crippen molar-refractivity contribution in [2.45, 2.75) is 33.7 Å². The molecular weight excluding hydrogens is 200 g/mol. The molecule has 0 amide bonds. The van der Waals surface area contributed by atoms with E-state index in [0.29, 0.717) is 5.96 Å². The van der Waals surface area contributed by atoms with Gasteiger partial charge in [-0.25, -0.2) is 0 Å². The predicted octanol–water partition coefficient (Wildman–Crippen LogP) is 2.45. The van der Waals surface area contributed by atoms with Gasteiger partial charge < -0.3 is 10.6 Å². The van der Waals surface area contributed by atoms with Gasteiger partial charge in [0.15, 0.2) is 5.96 Å². The Morgan fingerprint density at radius 3 is 2.62 bits per heavy atom. The summed E-state index contributed by atoms with van der Waals surface area (Å²) in [5.74, 6) is 0.301. The van der Waals surface area contributed by atoms with Crippen molar-refractivity contribution >= 4 is 11.6 Å². The Kier molecular flexibility index (Phi) is 3.88. The average molecular weight is 220 g/mol. The van der Waals surface area contributed by atoms with E-state index in [-0.39, 0.29) is 11.5 Å². The molecule has 1 aromatic heterocycles. The van der Waals surface area contributed by atoms with Crippen molar-refractivity contribution < 1.29 is 0 Å². The van der Waals surface area contributed by atoms with Gasteiger partial charge in [-0.1, -0.05) is 20.8 Å². The van der Waals surface area contributed by atoms with Crippen molar-refractivity contribution in [2.75, 3.05) is 5.32 Å². The van der Waals surface area contributed by atoms with Gasteiger partial charge in [0.1, 0.15) is 0 Å².